The minimum absolute atomic E-state index is 0.656. The minimum Gasteiger partial charge on any atom is -0.479 e. The average Bonchev–Trinajstić information content (AvgIpc) is 3.26. The lowest BCUT2D eigenvalue weighted by Gasteiger charge is -2.31. The second kappa shape index (κ2) is 4.63. The maximum atomic E-state index is 5.43. The number of methoxy groups -OCH3 is 1. The first-order valence-electron chi connectivity index (χ1n) is 7.25. The summed E-state index contributed by atoms with van der Waals surface area (Å²) < 4.78 is 5.43. The second-order valence-corrected chi connectivity index (χ2v) is 5.53. The van der Waals surface area contributed by atoms with Gasteiger partial charge in [-0.3, -0.25) is 5.10 Å². The molecule has 6 nitrogen and oxygen atoms in total. The van der Waals surface area contributed by atoms with Crippen LogP contribution in [0.1, 0.15) is 24.3 Å². The van der Waals surface area contributed by atoms with E-state index in [-0.39, 0.29) is 0 Å². The molecule has 2 N–H and O–H groups in total. The fourth-order valence-electron chi connectivity index (χ4n) is 3.03. The number of nitrogens with zero attached hydrogens (tertiary/aromatic N) is 3. The smallest absolute Gasteiger partial charge is 0.244 e. The molecule has 0 radical (unpaired) electrons. The number of anilines is 1. The van der Waals surface area contributed by atoms with Gasteiger partial charge in [0.2, 0.25) is 5.88 Å². The van der Waals surface area contributed by atoms with Crippen molar-refractivity contribution in [1.29, 1.82) is 0 Å². The Kier molecular flexibility index (Phi) is 2.77. The lowest BCUT2D eigenvalue weighted by molar-refractivity contribution is 0.401. The van der Waals surface area contributed by atoms with Crippen molar-refractivity contribution < 1.29 is 4.74 Å². The quantitative estimate of drug-likeness (QED) is 0.881. The zero-order chi connectivity index (χ0) is 13.5. The third-order valence-corrected chi connectivity index (χ3v) is 4.20. The van der Waals surface area contributed by atoms with E-state index >= 15 is 0 Å². The van der Waals surface area contributed by atoms with Crippen LogP contribution in [0, 0.1) is 0 Å². The fourth-order valence-corrected chi connectivity index (χ4v) is 3.03. The van der Waals surface area contributed by atoms with Gasteiger partial charge in [0.25, 0.3) is 0 Å². The molecule has 2 fully saturated rings. The largest absolute Gasteiger partial charge is 0.479 e. The van der Waals surface area contributed by atoms with Crippen molar-refractivity contribution in [3.63, 3.8) is 0 Å². The monoisotopic (exact) mass is 273 g/mol. The Morgan fingerprint density at radius 1 is 1.30 bits per heavy atom. The Hall–Kier alpha value is -1.82. The Bertz CT molecular complexity index is 628. The SMILES string of the molecule is COc1n[nH]c2ncc(C3CC3)c(N3CCNCC3)c12. The number of fused-ring (bicyclic) bond motifs is 1. The molecule has 2 aromatic rings. The third-order valence-electron chi connectivity index (χ3n) is 4.20. The van der Waals surface area contributed by atoms with Crippen molar-refractivity contribution in [1.82, 2.24) is 20.5 Å². The van der Waals surface area contributed by atoms with Crippen LogP contribution in [-0.2, 0) is 0 Å². The van der Waals surface area contributed by atoms with E-state index in [9.17, 15) is 0 Å². The van der Waals surface area contributed by atoms with E-state index in [1.54, 1.807) is 7.11 Å². The maximum absolute atomic E-state index is 5.43. The van der Waals surface area contributed by atoms with Gasteiger partial charge in [-0.25, -0.2) is 4.98 Å². The molecule has 0 atom stereocenters. The molecule has 20 heavy (non-hydrogen) atoms. The predicted molar refractivity (Wildman–Crippen MR) is 77.5 cm³/mol. The fraction of sp³-hybridized carbons (Fsp3) is 0.571. The zero-order valence-electron chi connectivity index (χ0n) is 11.6. The Morgan fingerprint density at radius 3 is 2.80 bits per heavy atom. The molecule has 106 valence electrons. The van der Waals surface area contributed by atoms with Gasteiger partial charge < -0.3 is 15.0 Å². The molecule has 6 heteroatoms. The van der Waals surface area contributed by atoms with Crippen LogP contribution in [0.15, 0.2) is 6.20 Å². The first kappa shape index (κ1) is 12.0. The first-order valence-corrected chi connectivity index (χ1v) is 7.25. The van der Waals surface area contributed by atoms with Crippen LogP contribution in [0.3, 0.4) is 0 Å². The average molecular weight is 273 g/mol. The van der Waals surface area contributed by atoms with E-state index in [0.717, 1.165) is 37.2 Å². The molecule has 0 aromatic carbocycles. The Labute approximate surface area is 117 Å². The van der Waals surface area contributed by atoms with Gasteiger partial charge in [-0.1, -0.05) is 0 Å². The second-order valence-electron chi connectivity index (χ2n) is 5.53. The number of rotatable bonds is 3. The number of aromatic amines is 1. The van der Waals surface area contributed by atoms with E-state index in [0.29, 0.717) is 11.8 Å². The van der Waals surface area contributed by atoms with Crippen LogP contribution in [0.4, 0.5) is 5.69 Å². The molecule has 4 rings (SSSR count). The van der Waals surface area contributed by atoms with Crippen molar-refractivity contribution >= 4 is 16.7 Å². The summed E-state index contributed by atoms with van der Waals surface area (Å²) in [4.78, 5) is 6.98. The number of piperazine rings is 1. The highest BCUT2D eigenvalue weighted by molar-refractivity contribution is 5.96. The topological polar surface area (TPSA) is 66.1 Å². The normalized spacial score (nSPS) is 19.6. The summed E-state index contributed by atoms with van der Waals surface area (Å²) in [6.45, 7) is 4.09. The van der Waals surface area contributed by atoms with Crippen molar-refractivity contribution in [3.8, 4) is 5.88 Å². The zero-order valence-corrected chi connectivity index (χ0v) is 11.6. The highest BCUT2D eigenvalue weighted by Crippen LogP contribution is 2.47. The van der Waals surface area contributed by atoms with Crippen LogP contribution in [0.25, 0.3) is 11.0 Å². The van der Waals surface area contributed by atoms with E-state index in [2.05, 4.69) is 25.4 Å². The van der Waals surface area contributed by atoms with E-state index in [4.69, 9.17) is 4.74 Å². The molecule has 0 bridgehead atoms. The summed E-state index contributed by atoms with van der Waals surface area (Å²) in [5.41, 5.74) is 3.46. The summed E-state index contributed by atoms with van der Waals surface area (Å²) in [5, 5.41) is 11.7. The van der Waals surface area contributed by atoms with Crippen LogP contribution >= 0.6 is 0 Å². The van der Waals surface area contributed by atoms with Crippen molar-refractivity contribution in [2.45, 2.75) is 18.8 Å². The van der Waals surface area contributed by atoms with E-state index in [1.165, 1.54) is 24.1 Å². The first-order chi connectivity index (χ1) is 9.88. The van der Waals surface area contributed by atoms with E-state index < -0.39 is 0 Å². The molecular formula is C14H19N5O. The number of aromatic nitrogens is 3. The summed E-state index contributed by atoms with van der Waals surface area (Å²) in [5.74, 6) is 1.32. The van der Waals surface area contributed by atoms with Crippen molar-refractivity contribution in [2.24, 2.45) is 0 Å². The number of ether oxygens (including phenoxy) is 1. The van der Waals surface area contributed by atoms with Gasteiger partial charge in [-0.05, 0) is 24.3 Å². The molecule has 0 amide bonds. The van der Waals surface area contributed by atoms with Gasteiger partial charge in [0.05, 0.1) is 12.8 Å². The minimum atomic E-state index is 0.656. The molecule has 1 saturated heterocycles. The third kappa shape index (κ3) is 1.83. The van der Waals surface area contributed by atoms with Gasteiger partial charge in [0.1, 0.15) is 5.39 Å². The molecule has 2 aliphatic rings. The molecule has 1 saturated carbocycles. The molecule has 3 heterocycles. The van der Waals surface area contributed by atoms with Crippen LogP contribution in [-0.4, -0.2) is 48.5 Å². The number of nitrogens with one attached hydrogen (secondary N) is 2. The molecule has 1 aliphatic heterocycles. The maximum Gasteiger partial charge on any atom is 0.244 e. The molecule has 0 unspecified atom stereocenters. The highest BCUT2D eigenvalue weighted by Gasteiger charge is 2.31. The van der Waals surface area contributed by atoms with Gasteiger partial charge >= 0.3 is 0 Å². The molecule has 1 aliphatic carbocycles. The number of pyridine rings is 1. The summed E-state index contributed by atoms with van der Waals surface area (Å²) >= 11 is 0. The summed E-state index contributed by atoms with van der Waals surface area (Å²) in [6.07, 6.45) is 4.56. The van der Waals surface area contributed by atoms with Crippen LogP contribution in [0.2, 0.25) is 0 Å². The lowest BCUT2D eigenvalue weighted by atomic mass is 10.1. The standard InChI is InChI=1S/C14H19N5O/c1-20-14-11-12(19-6-4-15-5-7-19)10(9-2-3-9)8-16-13(11)17-18-14/h8-9,15H,2-7H2,1H3,(H,16,17,18). The summed E-state index contributed by atoms with van der Waals surface area (Å²) in [6, 6.07) is 0. The Balaban J connectivity index is 1.92. The van der Waals surface area contributed by atoms with Gasteiger partial charge in [0.15, 0.2) is 5.65 Å². The van der Waals surface area contributed by atoms with Crippen LogP contribution in [0.5, 0.6) is 5.88 Å². The van der Waals surface area contributed by atoms with Gasteiger partial charge in [-0.2, -0.15) is 0 Å². The molecule has 0 spiro atoms. The van der Waals surface area contributed by atoms with Crippen molar-refractivity contribution in [3.05, 3.63) is 11.8 Å². The van der Waals surface area contributed by atoms with E-state index in [1.807, 2.05) is 6.20 Å². The molecule has 2 aromatic heterocycles. The number of hydrogen-bond acceptors (Lipinski definition) is 5. The Morgan fingerprint density at radius 2 is 2.10 bits per heavy atom. The predicted octanol–water partition coefficient (Wildman–Crippen LogP) is 1.25. The summed E-state index contributed by atoms with van der Waals surface area (Å²) in [7, 11) is 1.67. The van der Waals surface area contributed by atoms with Crippen LogP contribution < -0.4 is 15.0 Å². The van der Waals surface area contributed by atoms with Gasteiger partial charge in [0, 0.05) is 32.4 Å². The number of H-pyrrole nitrogens is 1. The number of hydrogen-bond donors (Lipinski definition) is 2. The van der Waals surface area contributed by atoms with Gasteiger partial charge in [-0.15, -0.1) is 5.10 Å². The van der Waals surface area contributed by atoms with Crippen molar-refractivity contribution in [2.75, 3.05) is 38.2 Å². The lowest BCUT2D eigenvalue weighted by Crippen LogP contribution is -2.44. The highest BCUT2D eigenvalue weighted by atomic mass is 16.5. The molecular weight excluding hydrogens is 254 g/mol.